The van der Waals surface area contributed by atoms with Crippen molar-refractivity contribution in [1.29, 1.82) is 0 Å². The van der Waals surface area contributed by atoms with Crippen LogP contribution in [-0.2, 0) is 0 Å². The maximum Gasteiger partial charge on any atom is 0.122 e. The molecule has 1 fully saturated rings. The summed E-state index contributed by atoms with van der Waals surface area (Å²) >= 11 is 3.53. The molecule has 3 heteroatoms. The first-order chi connectivity index (χ1) is 9.16. The molecule has 0 bridgehead atoms. The standard InChI is InChI=1S/C16H24BrNO/c1-13(2)15-12-14(17)6-7-16(15)19-11-5-10-18-8-3-4-9-18/h6-7,12-13H,3-5,8-11H2,1-2H3. The van der Waals surface area contributed by atoms with Crippen molar-refractivity contribution in [2.45, 2.75) is 39.0 Å². The third kappa shape index (κ3) is 4.50. The van der Waals surface area contributed by atoms with Gasteiger partial charge in [-0.2, -0.15) is 0 Å². The topological polar surface area (TPSA) is 12.5 Å². The second kappa shape index (κ2) is 7.30. The summed E-state index contributed by atoms with van der Waals surface area (Å²) in [5.41, 5.74) is 1.29. The molecule has 1 saturated heterocycles. The molecule has 1 heterocycles. The minimum absolute atomic E-state index is 0.492. The van der Waals surface area contributed by atoms with E-state index in [0.717, 1.165) is 23.2 Å². The molecule has 0 aromatic heterocycles. The van der Waals surface area contributed by atoms with Crippen LogP contribution in [0.1, 0.15) is 44.6 Å². The summed E-state index contributed by atoms with van der Waals surface area (Å²) in [6.07, 6.45) is 3.85. The Bertz CT molecular complexity index is 400. The minimum atomic E-state index is 0.492. The number of rotatable bonds is 6. The van der Waals surface area contributed by atoms with E-state index < -0.39 is 0 Å². The van der Waals surface area contributed by atoms with Crippen LogP contribution >= 0.6 is 15.9 Å². The van der Waals surface area contributed by atoms with Gasteiger partial charge in [0, 0.05) is 11.0 Å². The molecule has 2 rings (SSSR count). The predicted molar refractivity (Wildman–Crippen MR) is 84.0 cm³/mol. The van der Waals surface area contributed by atoms with Crippen LogP contribution in [0, 0.1) is 0 Å². The van der Waals surface area contributed by atoms with Crippen LogP contribution < -0.4 is 4.74 Å². The molecule has 0 unspecified atom stereocenters. The number of benzene rings is 1. The number of hydrogen-bond donors (Lipinski definition) is 0. The lowest BCUT2D eigenvalue weighted by Crippen LogP contribution is -2.22. The molecule has 0 amide bonds. The maximum absolute atomic E-state index is 5.97. The highest BCUT2D eigenvalue weighted by Crippen LogP contribution is 2.29. The van der Waals surface area contributed by atoms with Gasteiger partial charge in [0.25, 0.3) is 0 Å². The molecule has 1 aromatic rings. The van der Waals surface area contributed by atoms with Gasteiger partial charge in [-0.05, 0) is 62.0 Å². The molecule has 1 aromatic carbocycles. The summed E-state index contributed by atoms with van der Waals surface area (Å²) in [5.74, 6) is 1.53. The van der Waals surface area contributed by atoms with Crippen LogP contribution in [0.15, 0.2) is 22.7 Å². The van der Waals surface area contributed by atoms with Gasteiger partial charge in [-0.25, -0.2) is 0 Å². The number of ether oxygens (including phenoxy) is 1. The second-order valence-electron chi connectivity index (χ2n) is 5.59. The fourth-order valence-electron chi connectivity index (χ4n) is 2.58. The third-order valence-electron chi connectivity index (χ3n) is 3.67. The maximum atomic E-state index is 5.97. The SMILES string of the molecule is CC(C)c1cc(Br)ccc1OCCCN1CCCC1. The molecule has 0 N–H and O–H groups in total. The molecule has 1 aliphatic heterocycles. The average Bonchev–Trinajstić information content (AvgIpc) is 2.89. The number of halogens is 1. The first-order valence-electron chi connectivity index (χ1n) is 7.31. The van der Waals surface area contributed by atoms with Crippen molar-refractivity contribution in [3.8, 4) is 5.75 Å². The van der Waals surface area contributed by atoms with E-state index in [1.165, 1.54) is 38.0 Å². The van der Waals surface area contributed by atoms with E-state index >= 15 is 0 Å². The summed E-state index contributed by atoms with van der Waals surface area (Å²) < 4.78 is 7.09. The van der Waals surface area contributed by atoms with Gasteiger partial charge in [0.1, 0.15) is 5.75 Å². The highest BCUT2D eigenvalue weighted by atomic mass is 79.9. The first kappa shape index (κ1) is 14.9. The molecular weight excluding hydrogens is 302 g/mol. The lowest BCUT2D eigenvalue weighted by Gasteiger charge is -2.17. The fraction of sp³-hybridized carbons (Fsp3) is 0.625. The Balaban J connectivity index is 1.81. The quantitative estimate of drug-likeness (QED) is 0.717. The second-order valence-corrected chi connectivity index (χ2v) is 6.50. The summed E-state index contributed by atoms with van der Waals surface area (Å²) in [6.45, 7) is 8.95. The molecule has 0 aliphatic carbocycles. The summed E-state index contributed by atoms with van der Waals surface area (Å²) in [6, 6.07) is 6.30. The Labute approximate surface area is 125 Å². The van der Waals surface area contributed by atoms with Gasteiger partial charge < -0.3 is 9.64 Å². The predicted octanol–water partition coefficient (Wildman–Crippen LogP) is 4.44. The number of hydrogen-bond acceptors (Lipinski definition) is 2. The molecule has 0 spiro atoms. The van der Waals surface area contributed by atoms with Crippen LogP contribution in [0.3, 0.4) is 0 Å². The van der Waals surface area contributed by atoms with Gasteiger partial charge >= 0.3 is 0 Å². The fourth-order valence-corrected chi connectivity index (χ4v) is 2.96. The van der Waals surface area contributed by atoms with Crippen molar-refractivity contribution >= 4 is 15.9 Å². The average molecular weight is 326 g/mol. The van der Waals surface area contributed by atoms with Gasteiger partial charge in [0.15, 0.2) is 0 Å². The zero-order chi connectivity index (χ0) is 13.7. The third-order valence-corrected chi connectivity index (χ3v) is 4.16. The molecule has 2 nitrogen and oxygen atoms in total. The Morgan fingerprint density at radius 1 is 1.26 bits per heavy atom. The van der Waals surface area contributed by atoms with Gasteiger partial charge in [0.2, 0.25) is 0 Å². The monoisotopic (exact) mass is 325 g/mol. The van der Waals surface area contributed by atoms with Crippen molar-refractivity contribution in [2.75, 3.05) is 26.2 Å². The summed E-state index contributed by atoms with van der Waals surface area (Å²) in [5, 5.41) is 0. The molecule has 0 atom stereocenters. The zero-order valence-electron chi connectivity index (χ0n) is 12.0. The molecule has 1 aliphatic rings. The smallest absolute Gasteiger partial charge is 0.122 e. The van der Waals surface area contributed by atoms with E-state index in [-0.39, 0.29) is 0 Å². The minimum Gasteiger partial charge on any atom is -0.493 e. The lowest BCUT2D eigenvalue weighted by atomic mass is 10.0. The van der Waals surface area contributed by atoms with Crippen molar-refractivity contribution in [1.82, 2.24) is 4.90 Å². The Hall–Kier alpha value is -0.540. The van der Waals surface area contributed by atoms with Crippen LogP contribution in [0.25, 0.3) is 0 Å². The molecule has 0 saturated carbocycles. The van der Waals surface area contributed by atoms with E-state index in [1.807, 2.05) is 0 Å². The molecule has 0 radical (unpaired) electrons. The Morgan fingerprint density at radius 2 is 2.00 bits per heavy atom. The van der Waals surface area contributed by atoms with Crippen molar-refractivity contribution in [2.24, 2.45) is 0 Å². The van der Waals surface area contributed by atoms with Gasteiger partial charge in [-0.1, -0.05) is 29.8 Å². The van der Waals surface area contributed by atoms with Crippen LogP contribution in [0.2, 0.25) is 0 Å². The van der Waals surface area contributed by atoms with Crippen LogP contribution in [-0.4, -0.2) is 31.1 Å². The van der Waals surface area contributed by atoms with Crippen LogP contribution in [0.5, 0.6) is 5.75 Å². The largest absolute Gasteiger partial charge is 0.493 e. The van der Waals surface area contributed by atoms with Gasteiger partial charge in [-0.3, -0.25) is 0 Å². The molecule has 106 valence electrons. The number of nitrogens with zero attached hydrogens (tertiary/aromatic N) is 1. The number of likely N-dealkylation sites (tertiary alicyclic amines) is 1. The molecule has 19 heavy (non-hydrogen) atoms. The van der Waals surface area contributed by atoms with E-state index in [2.05, 4.69) is 52.9 Å². The van der Waals surface area contributed by atoms with Crippen LogP contribution in [0.4, 0.5) is 0 Å². The summed E-state index contributed by atoms with van der Waals surface area (Å²) in [7, 11) is 0. The zero-order valence-corrected chi connectivity index (χ0v) is 13.6. The summed E-state index contributed by atoms with van der Waals surface area (Å²) in [4.78, 5) is 2.54. The van der Waals surface area contributed by atoms with Crippen molar-refractivity contribution < 1.29 is 4.74 Å². The highest BCUT2D eigenvalue weighted by Gasteiger charge is 2.11. The van der Waals surface area contributed by atoms with E-state index in [4.69, 9.17) is 4.74 Å². The van der Waals surface area contributed by atoms with E-state index in [9.17, 15) is 0 Å². The Morgan fingerprint density at radius 3 is 2.68 bits per heavy atom. The normalized spacial score (nSPS) is 16.2. The molecular formula is C16H24BrNO. The van der Waals surface area contributed by atoms with E-state index in [0.29, 0.717) is 5.92 Å². The lowest BCUT2D eigenvalue weighted by molar-refractivity contribution is 0.261. The van der Waals surface area contributed by atoms with Gasteiger partial charge in [0.05, 0.1) is 6.61 Å². The van der Waals surface area contributed by atoms with E-state index in [1.54, 1.807) is 0 Å². The van der Waals surface area contributed by atoms with Gasteiger partial charge in [-0.15, -0.1) is 0 Å². The van der Waals surface area contributed by atoms with Crippen molar-refractivity contribution in [3.05, 3.63) is 28.2 Å². The van der Waals surface area contributed by atoms with Crippen molar-refractivity contribution in [3.63, 3.8) is 0 Å². The first-order valence-corrected chi connectivity index (χ1v) is 8.10. The Kier molecular flexibility index (Phi) is 5.71. The highest BCUT2D eigenvalue weighted by molar-refractivity contribution is 9.10.